The van der Waals surface area contributed by atoms with Crippen LogP contribution in [0.1, 0.15) is 5.82 Å². The van der Waals surface area contributed by atoms with Crippen LogP contribution in [0.15, 0.2) is 40.5 Å². The van der Waals surface area contributed by atoms with E-state index in [2.05, 4.69) is 25.4 Å². The monoisotopic (exact) mass is 328 g/mol. The van der Waals surface area contributed by atoms with Crippen LogP contribution in [0.5, 0.6) is 0 Å². The molecule has 9 heteroatoms. The third-order valence-electron chi connectivity index (χ3n) is 3.19. The highest BCUT2D eigenvalue weighted by atomic mass is 32.1. The minimum atomic E-state index is -0.368. The van der Waals surface area contributed by atoms with E-state index in [0.29, 0.717) is 27.4 Å². The highest BCUT2D eigenvalue weighted by molar-refractivity contribution is 7.17. The molecule has 23 heavy (non-hydrogen) atoms. The Morgan fingerprint density at radius 2 is 2.22 bits per heavy atom. The second-order valence-corrected chi connectivity index (χ2v) is 5.72. The lowest BCUT2D eigenvalue weighted by molar-refractivity contribution is 0.555. The van der Waals surface area contributed by atoms with Crippen molar-refractivity contribution in [1.82, 2.24) is 30.2 Å². The molecule has 4 rings (SSSR count). The van der Waals surface area contributed by atoms with Gasteiger partial charge in [-0.05, 0) is 28.8 Å². The molecular weight excluding hydrogens is 319 g/mol. The van der Waals surface area contributed by atoms with Gasteiger partial charge in [0.1, 0.15) is 22.9 Å². The number of aromatic amines is 1. The van der Waals surface area contributed by atoms with Crippen molar-refractivity contribution in [2.75, 3.05) is 0 Å². The summed E-state index contributed by atoms with van der Waals surface area (Å²) in [5.74, 6) is 0.375. The van der Waals surface area contributed by atoms with Gasteiger partial charge in [-0.3, -0.25) is 4.79 Å². The van der Waals surface area contributed by atoms with Crippen LogP contribution < -0.4 is 5.56 Å². The number of tetrazole rings is 1. The number of rotatable bonds is 3. The van der Waals surface area contributed by atoms with E-state index in [9.17, 15) is 9.18 Å². The largest absolute Gasteiger partial charge is 0.308 e. The molecule has 0 atom stereocenters. The first-order chi connectivity index (χ1) is 11.2. The van der Waals surface area contributed by atoms with Crippen LogP contribution in [0, 0.1) is 5.82 Å². The number of H-pyrrole nitrogens is 1. The number of fused-ring (bicyclic) bond motifs is 1. The van der Waals surface area contributed by atoms with Crippen LogP contribution in [-0.2, 0) is 6.54 Å². The third kappa shape index (κ3) is 2.61. The van der Waals surface area contributed by atoms with Crippen LogP contribution in [0.3, 0.4) is 0 Å². The first-order valence-corrected chi connectivity index (χ1v) is 7.57. The Hall–Kier alpha value is -2.94. The molecule has 0 amide bonds. The molecule has 0 fully saturated rings. The summed E-state index contributed by atoms with van der Waals surface area (Å²) in [7, 11) is 0. The molecule has 0 saturated carbocycles. The fourth-order valence-electron chi connectivity index (χ4n) is 2.18. The van der Waals surface area contributed by atoms with Gasteiger partial charge in [0, 0.05) is 5.56 Å². The molecule has 0 aliphatic rings. The number of nitrogens with one attached hydrogen (secondary N) is 1. The van der Waals surface area contributed by atoms with E-state index < -0.39 is 0 Å². The van der Waals surface area contributed by atoms with Gasteiger partial charge in [0.15, 0.2) is 0 Å². The summed E-state index contributed by atoms with van der Waals surface area (Å²) in [5.41, 5.74) is 0.982. The minimum absolute atomic E-state index is 0.170. The summed E-state index contributed by atoms with van der Waals surface area (Å²) in [5, 5.41) is 13.8. The van der Waals surface area contributed by atoms with Gasteiger partial charge >= 0.3 is 0 Å². The molecule has 0 spiro atoms. The van der Waals surface area contributed by atoms with Crippen LogP contribution in [0.4, 0.5) is 4.39 Å². The summed E-state index contributed by atoms with van der Waals surface area (Å²) in [6.07, 6.45) is 0. The summed E-state index contributed by atoms with van der Waals surface area (Å²) in [6.45, 7) is 0.170. The fourth-order valence-corrected chi connectivity index (χ4v) is 2.91. The smallest absolute Gasteiger partial charge is 0.268 e. The molecular formula is C14H9FN6OS. The van der Waals surface area contributed by atoms with Crippen molar-refractivity contribution in [3.05, 3.63) is 57.7 Å². The van der Waals surface area contributed by atoms with E-state index in [1.54, 1.807) is 18.2 Å². The van der Waals surface area contributed by atoms with E-state index in [-0.39, 0.29) is 17.9 Å². The minimum Gasteiger partial charge on any atom is -0.308 e. The number of halogens is 1. The molecule has 1 aromatic carbocycles. The number of aromatic nitrogens is 6. The predicted molar refractivity (Wildman–Crippen MR) is 82.6 cm³/mol. The SMILES string of the molecule is O=c1[nH]c(Cn2nnc(-c3cccc(F)c3)n2)nc2ccsc12. The van der Waals surface area contributed by atoms with Gasteiger partial charge in [-0.15, -0.1) is 21.5 Å². The normalized spacial score (nSPS) is 11.2. The maximum absolute atomic E-state index is 13.2. The van der Waals surface area contributed by atoms with E-state index in [4.69, 9.17) is 0 Å². The lowest BCUT2D eigenvalue weighted by atomic mass is 10.2. The average Bonchev–Trinajstić information content (AvgIpc) is 3.16. The Morgan fingerprint density at radius 3 is 3.09 bits per heavy atom. The Balaban J connectivity index is 1.65. The van der Waals surface area contributed by atoms with Gasteiger partial charge in [-0.1, -0.05) is 12.1 Å². The van der Waals surface area contributed by atoms with Crippen LogP contribution in [-0.4, -0.2) is 30.2 Å². The lowest BCUT2D eigenvalue weighted by Crippen LogP contribution is -2.14. The summed E-state index contributed by atoms with van der Waals surface area (Å²) in [4.78, 5) is 20.3. The molecule has 0 unspecified atom stereocenters. The zero-order valence-electron chi connectivity index (χ0n) is 11.6. The van der Waals surface area contributed by atoms with Crippen LogP contribution in [0.2, 0.25) is 0 Å². The first-order valence-electron chi connectivity index (χ1n) is 6.69. The van der Waals surface area contributed by atoms with Gasteiger partial charge in [0.25, 0.3) is 5.56 Å². The lowest BCUT2D eigenvalue weighted by Gasteiger charge is -1.99. The second kappa shape index (κ2) is 5.36. The van der Waals surface area contributed by atoms with Gasteiger partial charge in [-0.2, -0.15) is 4.80 Å². The number of hydrogen-bond acceptors (Lipinski definition) is 6. The Bertz CT molecular complexity index is 1050. The molecule has 7 nitrogen and oxygen atoms in total. The number of benzene rings is 1. The van der Waals surface area contributed by atoms with Crippen molar-refractivity contribution in [2.24, 2.45) is 0 Å². The molecule has 0 radical (unpaired) electrons. The van der Waals surface area contributed by atoms with Crippen molar-refractivity contribution in [1.29, 1.82) is 0 Å². The molecule has 3 aromatic heterocycles. The number of nitrogens with zero attached hydrogens (tertiary/aromatic N) is 5. The highest BCUT2D eigenvalue weighted by Gasteiger charge is 2.10. The fraction of sp³-hybridized carbons (Fsp3) is 0.0714. The maximum atomic E-state index is 13.2. The summed E-state index contributed by atoms with van der Waals surface area (Å²) < 4.78 is 13.8. The van der Waals surface area contributed by atoms with Crippen molar-refractivity contribution >= 4 is 21.6 Å². The molecule has 3 heterocycles. The summed E-state index contributed by atoms with van der Waals surface area (Å²) in [6, 6.07) is 7.74. The topological polar surface area (TPSA) is 89.4 Å². The van der Waals surface area contributed by atoms with E-state index in [1.807, 2.05) is 5.38 Å². The molecule has 1 N–H and O–H groups in total. The van der Waals surface area contributed by atoms with Crippen molar-refractivity contribution < 1.29 is 4.39 Å². The van der Waals surface area contributed by atoms with E-state index >= 15 is 0 Å². The number of hydrogen-bond donors (Lipinski definition) is 1. The highest BCUT2D eigenvalue weighted by Crippen LogP contribution is 2.15. The quantitative estimate of drug-likeness (QED) is 0.620. The first kappa shape index (κ1) is 13.7. The molecule has 4 aromatic rings. The molecule has 114 valence electrons. The zero-order chi connectivity index (χ0) is 15.8. The van der Waals surface area contributed by atoms with Gasteiger partial charge < -0.3 is 4.98 Å². The molecule has 0 aliphatic carbocycles. The number of thiophene rings is 1. The second-order valence-electron chi connectivity index (χ2n) is 4.80. The van der Waals surface area contributed by atoms with Crippen molar-refractivity contribution in [3.63, 3.8) is 0 Å². The van der Waals surface area contributed by atoms with Crippen LogP contribution >= 0.6 is 11.3 Å². The van der Waals surface area contributed by atoms with Gasteiger partial charge in [-0.25, -0.2) is 9.37 Å². The van der Waals surface area contributed by atoms with Crippen molar-refractivity contribution in [2.45, 2.75) is 6.54 Å². The van der Waals surface area contributed by atoms with E-state index in [0.717, 1.165) is 0 Å². The van der Waals surface area contributed by atoms with Gasteiger partial charge in [0.2, 0.25) is 5.82 Å². The Kier molecular flexibility index (Phi) is 3.19. The Morgan fingerprint density at radius 1 is 1.30 bits per heavy atom. The Labute approximate surface area is 132 Å². The van der Waals surface area contributed by atoms with E-state index in [1.165, 1.54) is 28.3 Å². The maximum Gasteiger partial charge on any atom is 0.268 e. The molecule has 0 bridgehead atoms. The summed E-state index contributed by atoms with van der Waals surface area (Å²) >= 11 is 1.34. The van der Waals surface area contributed by atoms with Crippen LogP contribution in [0.25, 0.3) is 21.6 Å². The standard InChI is InChI=1S/C14H9FN6OS/c15-9-3-1-2-8(6-9)13-18-20-21(19-13)7-11-16-10-4-5-23-12(10)14(22)17-11/h1-6H,7H2,(H,16,17,22). The third-order valence-corrected chi connectivity index (χ3v) is 4.09. The zero-order valence-corrected chi connectivity index (χ0v) is 12.4. The predicted octanol–water partition coefficient (Wildman–Crippen LogP) is 1.83. The molecule has 0 aliphatic heterocycles. The van der Waals surface area contributed by atoms with Crippen molar-refractivity contribution in [3.8, 4) is 11.4 Å². The average molecular weight is 328 g/mol. The molecule has 0 saturated heterocycles. The van der Waals surface area contributed by atoms with Gasteiger partial charge in [0.05, 0.1) is 5.52 Å².